The van der Waals surface area contributed by atoms with E-state index in [1.54, 1.807) is 12.1 Å². The molecule has 0 aliphatic heterocycles. The van der Waals surface area contributed by atoms with Crippen LogP contribution in [-0.2, 0) is 11.3 Å². The topological polar surface area (TPSA) is 84.2 Å². The first-order valence-electron chi connectivity index (χ1n) is 4.62. The number of primary amides is 1. The zero-order valence-corrected chi connectivity index (χ0v) is 9.25. The summed E-state index contributed by atoms with van der Waals surface area (Å²) in [5.74, 6) is -0.463. The highest BCUT2D eigenvalue weighted by atomic mass is 35.5. The summed E-state index contributed by atoms with van der Waals surface area (Å²) in [4.78, 5) is 21.3. The molecule has 16 heavy (non-hydrogen) atoms. The summed E-state index contributed by atoms with van der Waals surface area (Å²) in [6.07, 6.45) is 0. The van der Waals surface area contributed by atoms with Crippen molar-refractivity contribution in [1.82, 2.24) is 10.6 Å². The first kappa shape index (κ1) is 12.5. The Morgan fingerprint density at radius 1 is 1.38 bits per heavy atom. The molecule has 0 heterocycles. The third-order valence-corrected chi connectivity index (χ3v) is 2.00. The van der Waals surface area contributed by atoms with E-state index in [4.69, 9.17) is 17.3 Å². The molecule has 0 spiro atoms. The molecule has 0 aliphatic carbocycles. The van der Waals surface area contributed by atoms with Crippen LogP contribution >= 0.6 is 11.6 Å². The molecule has 1 aromatic rings. The number of hydrogen-bond donors (Lipinski definition) is 3. The molecule has 6 heteroatoms. The van der Waals surface area contributed by atoms with Crippen molar-refractivity contribution in [1.29, 1.82) is 0 Å². The number of benzene rings is 1. The Kier molecular flexibility index (Phi) is 4.75. The monoisotopic (exact) mass is 241 g/mol. The summed E-state index contributed by atoms with van der Waals surface area (Å²) in [5, 5.41) is 5.45. The predicted octanol–water partition coefficient (Wildman–Crippen LogP) is 0.625. The summed E-state index contributed by atoms with van der Waals surface area (Å²) in [6.45, 7) is 0.516. The molecule has 0 aromatic heterocycles. The van der Waals surface area contributed by atoms with Gasteiger partial charge in [-0.15, -0.1) is 0 Å². The van der Waals surface area contributed by atoms with E-state index < -0.39 is 11.9 Å². The number of urea groups is 1. The molecule has 5 nitrogen and oxygen atoms in total. The van der Waals surface area contributed by atoms with Crippen LogP contribution < -0.4 is 16.4 Å². The molecule has 1 aromatic carbocycles. The van der Waals surface area contributed by atoms with E-state index in [0.29, 0.717) is 11.6 Å². The van der Waals surface area contributed by atoms with Gasteiger partial charge >= 0.3 is 6.03 Å². The molecule has 0 atom stereocenters. The van der Waals surface area contributed by atoms with Crippen molar-refractivity contribution in [2.45, 2.75) is 6.54 Å². The molecule has 86 valence electrons. The fraction of sp³-hybridized carbons (Fsp3) is 0.200. The SMILES string of the molecule is NC(=O)NC(=O)CNCc1cccc(Cl)c1. The normalized spacial score (nSPS) is 9.81. The number of rotatable bonds is 4. The lowest BCUT2D eigenvalue weighted by atomic mass is 10.2. The van der Waals surface area contributed by atoms with Crippen LogP contribution in [0.2, 0.25) is 5.02 Å². The van der Waals surface area contributed by atoms with Gasteiger partial charge in [-0.3, -0.25) is 10.1 Å². The Labute approximate surface area is 98.0 Å². The predicted molar refractivity (Wildman–Crippen MR) is 60.9 cm³/mol. The van der Waals surface area contributed by atoms with E-state index in [1.165, 1.54) is 0 Å². The van der Waals surface area contributed by atoms with Crippen LogP contribution in [0.1, 0.15) is 5.56 Å². The van der Waals surface area contributed by atoms with Crippen LogP contribution in [0.15, 0.2) is 24.3 Å². The van der Waals surface area contributed by atoms with Gasteiger partial charge in [0, 0.05) is 11.6 Å². The van der Waals surface area contributed by atoms with Crippen molar-refractivity contribution in [3.8, 4) is 0 Å². The Bertz CT molecular complexity index is 395. The number of carbonyl (C=O) groups is 2. The minimum absolute atomic E-state index is 0.0233. The zero-order valence-electron chi connectivity index (χ0n) is 8.50. The third kappa shape index (κ3) is 4.77. The van der Waals surface area contributed by atoms with Crippen LogP contribution in [-0.4, -0.2) is 18.5 Å². The molecular weight excluding hydrogens is 230 g/mol. The van der Waals surface area contributed by atoms with E-state index in [0.717, 1.165) is 5.56 Å². The lowest BCUT2D eigenvalue weighted by Crippen LogP contribution is -2.40. The number of nitrogens with one attached hydrogen (secondary N) is 2. The quantitative estimate of drug-likeness (QED) is 0.723. The number of imide groups is 1. The maximum atomic E-state index is 11.0. The number of halogens is 1. The minimum Gasteiger partial charge on any atom is -0.351 e. The van der Waals surface area contributed by atoms with Gasteiger partial charge in [-0.2, -0.15) is 0 Å². The third-order valence-electron chi connectivity index (χ3n) is 1.77. The molecule has 0 aliphatic rings. The average molecular weight is 242 g/mol. The molecule has 1 rings (SSSR count). The summed E-state index contributed by atoms with van der Waals surface area (Å²) >= 11 is 5.79. The highest BCUT2D eigenvalue weighted by Crippen LogP contribution is 2.09. The molecule has 0 fully saturated rings. The van der Waals surface area contributed by atoms with Crippen molar-refractivity contribution in [3.63, 3.8) is 0 Å². The second-order valence-corrected chi connectivity index (χ2v) is 3.58. The van der Waals surface area contributed by atoms with Crippen molar-refractivity contribution in [3.05, 3.63) is 34.9 Å². The molecule has 0 bridgehead atoms. The minimum atomic E-state index is -0.852. The molecule has 3 amide bonds. The Hall–Kier alpha value is -1.59. The maximum absolute atomic E-state index is 11.0. The number of carbonyl (C=O) groups excluding carboxylic acids is 2. The lowest BCUT2D eigenvalue weighted by molar-refractivity contribution is -0.119. The molecular formula is C10H12ClN3O2. The number of hydrogen-bond acceptors (Lipinski definition) is 3. The smallest absolute Gasteiger partial charge is 0.318 e. The summed E-state index contributed by atoms with van der Waals surface area (Å²) in [6, 6.07) is 6.41. The second-order valence-electron chi connectivity index (χ2n) is 3.15. The average Bonchev–Trinajstić information content (AvgIpc) is 2.16. The highest BCUT2D eigenvalue weighted by molar-refractivity contribution is 6.30. The standard InChI is InChI=1S/C10H12ClN3O2/c11-8-3-1-2-7(4-8)5-13-6-9(15)14-10(12)16/h1-4,13H,5-6H2,(H3,12,14,15,16). The summed E-state index contributed by atoms with van der Waals surface area (Å²) in [5.41, 5.74) is 5.74. The van der Waals surface area contributed by atoms with E-state index in [9.17, 15) is 9.59 Å². The van der Waals surface area contributed by atoms with E-state index in [-0.39, 0.29) is 6.54 Å². The zero-order chi connectivity index (χ0) is 12.0. The first-order chi connectivity index (χ1) is 7.58. The van der Waals surface area contributed by atoms with Gasteiger partial charge in [-0.25, -0.2) is 4.79 Å². The van der Waals surface area contributed by atoms with Crippen LogP contribution in [0.5, 0.6) is 0 Å². The lowest BCUT2D eigenvalue weighted by Gasteiger charge is -2.04. The Morgan fingerprint density at radius 3 is 2.75 bits per heavy atom. The van der Waals surface area contributed by atoms with Crippen molar-refractivity contribution >= 4 is 23.5 Å². The maximum Gasteiger partial charge on any atom is 0.318 e. The van der Waals surface area contributed by atoms with Crippen molar-refractivity contribution < 1.29 is 9.59 Å². The molecule has 0 saturated carbocycles. The van der Waals surface area contributed by atoms with Crippen molar-refractivity contribution in [2.24, 2.45) is 5.73 Å². The van der Waals surface area contributed by atoms with Gasteiger partial charge in [0.1, 0.15) is 0 Å². The largest absolute Gasteiger partial charge is 0.351 e. The fourth-order valence-electron chi connectivity index (χ4n) is 1.15. The number of amides is 3. The fourth-order valence-corrected chi connectivity index (χ4v) is 1.36. The van der Waals surface area contributed by atoms with Gasteiger partial charge in [0.15, 0.2) is 0 Å². The molecule has 0 unspecified atom stereocenters. The van der Waals surface area contributed by atoms with E-state index in [1.807, 2.05) is 17.4 Å². The van der Waals surface area contributed by atoms with Gasteiger partial charge in [-0.05, 0) is 17.7 Å². The van der Waals surface area contributed by atoms with Gasteiger partial charge in [-0.1, -0.05) is 23.7 Å². The highest BCUT2D eigenvalue weighted by Gasteiger charge is 2.02. The van der Waals surface area contributed by atoms with Crippen LogP contribution in [0.4, 0.5) is 4.79 Å². The number of nitrogens with two attached hydrogens (primary N) is 1. The molecule has 0 saturated heterocycles. The molecule has 4 N–H and O–H groups in total. The van der Waals surface area contributed by atoms with Gasteiger partial charge < -0.3 is 11.1 Å². The van der Waals surface area contributed by atoms with Gasteiger partial charge in [0.2, 0.25) is 5.91 Å². The first-order valence-corrected chi connectivity index (χ1v) is 5.00. The van der Waals surface area contributed by atoms with Crippen molar-refractivity contribution in [2.75, 3.05) is 6.54 Å². The van der Waals surface area contributed by atoms with E-state index >= 15 is 0 Å². The van der Waals surface area contributed by atoms with Gasteiger partial charge in [0.05, 0.1) is 6.54 Å². The van der Waals surface area contributed by atoms with Gasteiger partial charge in [0.25, 0.3) is 0 Å². The Morgan fingerprint density at radius 2 is 2.12 bits per heavy atom. The Balaban J connectivity index is 2.30. The second kappa shape index (κ2) is 6.09. The summed E-state index contributed by atoms with van der Waals surface area (Å²) in [7, 11) is 0. The summed E-state index contributed by atoms with van der Waals surface area (Å²) < 4.78 is 0. The van der Waals surface area contributed by atoms with Crippen LogP contribution in [0.25, 0.3) is 0 Å². The van der Waals surface area contributed by atoms with E-state index in [2.05, 4.69) is 5.32 Å². The van der Waals surface area contributed by atoms with Crippen LogP contribution in [0, 0.1) is 0 Å². The van der Waals surface area contributed by atoms with Crippen LogP contribution in [0.3, 0.4) is 0 Å². The molecule has 0 radical (unpaired) electrons.